The van der Waals surface area contributed by atoms with Crippen LogP contribution in [0.5, 0.6) is 0 Å². The predicted molar refractivity (Wildman–Crippen MR) is 128 cm³/mol. The third kappa shape index (κ3) is 7.88. The maximum absolute atomic E-state index is 13.7. The van der Waals surface area contributed by atoms with Crippen molar-refractivity contribution in [3.63, 3.8) is 0 Å². The predicted octanol–water partition coefficient (Wildman–Crippen LogP) is 2.69. The van der Waals surface area contributed by atoms with Crippen LogP contribution in [0.4, 0.5) is 13.6 Å². The molecule has 1 aromatic rings. The lowest BCUT2D eigenvalue weighted by Gasteiger charge is -2.30. The Balaban J connectivity index is 2.20. The van der Waals surface area contributed by atoms with Crippen molar-refractivity contribution in [1.29, 1.82) is 0 Å². The molecule has 10 heteroatoms. The summed E-state index contributed by atoms with van der Waals surface area (Å²) in [5, 5.41) is 5.57. The average molecular weight is 480 g/mol. The summed E-state index contributed by atoms with van der Waals surface area (Å²) in [5.41, 5.74) is 6.85. The number of benzene rings is 1. The fourth-order valence-corrected chi connectivity index (χ4v) is 3.43. The van der Waals surface area contributed by atoms with E-state index in [4.69, 9.17) is 10.5 Å². The van der Waals surface area contributed by atoms with Crippen LogP contribution in [-0.4, -0.2) is 69.0 Å². The van der Waals surface area contributed by atoms with Crippen LogP contribution in [0, 0.1) is 17.0 Å². The van der Waals surface area contributed by atoms with E-state index in [1.165, 1.54) is 6.07 Å². The number of nitrogens with two attached hydrogens (primary N) is 1. The normalized spacial score (nSPS) is 18.1. The minimum absolute atomic E-state index is 0.0754. The second-order valence-electron chi connectivity index (χ2n) is 9.58. The molecule has 0 aliphatic carbocycles. The molecule has 1 aliphatic heterocycles. The molecule has 3 amide bonds. The minimum atomic E-state index is -1.03. The second-order valence-corrected chi connectivity index (χ2v) is 9.58. The first kappa shape index (κ1) is 27.4. The first-order valence-electron chi connectivity index (χ1n) is 11.2. The molecule has 1 fully saturated rings. The maximum Gasteiger partial charge on any atom is 0.341 e. The SMILES string of the molecule is CN(C)CCCNC(=O)C(NC(=O)N=C1CCOCC1=C(N)c1ccc(F)c(F)c1)C(C)(C)C. The first-order valence-corrected chi connectivity index (χ1v) is 11.2. The molecule has 1 atom stereocenters. The van der Waals surface area contributed by atoms with Gasteiger partial charge in [0.15, 0.2) is 11.6 Å². The third-order valence-corrected chi connectivity index (χ3v) is 5.35. The van der Waals surface area contributed by atoms with Crippen LogP contribution in [0.25, 0.3) is 5.70 Å². The summed E-state index contributed by atoms with van der Waals surface area (Å²) in [5.74, 6) is -2.30. The monoisotopic (exact) mass is 479 g/mol. The molecule has 188 valence electrons. The van der Waals surface area contributed by atoms with Crippen LogP contribution in [-0.2, 0) is 9.53 Å². The number of rotatable bonds is 7. The molecule has 34 heavy (non-hydrogen) atoms. The molecule has 0 spiro atoms. The molecule has 2 rings (SSSR count). The number of carbonyl (C=O) groups excluding carboxylic acids is 2. The van der Waals surface area contributed by atoms with E-state index in [1.54, 1.807) is 0 Å². The lowest BCUT2D eigenvalue weighted by Crippen LogP contribution is -2.53. The molecule has 1 aliphatic rings. The standard InChI is InChI=1S/C24H35F2N5O3/c1-24(2,3)21(22(32)28-10-6-11-31(4)5)30-23(33)29-19-9-12-34-14-16(19)20(27)15-7-8-17(25)18(26)13-15/h7-8,13,21H,6,9-12,14,27H2,1-5H3,(H,28,32)(H,30,33). The molecular weight excluding hydrogens is 444 g/mol. The Hall–Kier alpha value is -2.85. The molecule has 0 radical (unpaired) electrons. The Bertz CT molecular complexity index is 954. The van der Waals surface area contributed by atoms with Crippen molar-refractivity contribution in [1.82, 2.24) is 15.5 Å². The molecule has 4 N–H and O–H groups in total. The van der Waals surface area contributed by atoms with Crippen molar-refractivity contribution in [3.8, 4) is 0 Å². The Kier molecular flexibility index (Phi) is 9.69. The van der Waals surface area contributed by atoms with E-state index in [0.717, 1.165) is 25.1 Å². The molecule has 0 aromatic heterocycles. The van der Waals surface area contributed by atoms with Gasteiger partial charge >= 0.3 is 6.03 Å². The number of hydrogen-bond donors (Lipinski definition) is 3. The van der Waals surface area contributed by atoms with Gasteiger partial charge in [-0.25, -0.2) is 13.6 Å². The van der Waals surface area contributed by atoms with E-state index in [1.807, 2.05) is 39.8 Å². The molecule has 1 unspecified atom stereocenters. The number of halogens is 2. The van der Waals surface area contributed by atoms with E-state index >= 15 is 0 Å². The zero-order valence-electron chi connectivity index (χ0n) is 20.5. The van der Waals surface area contributed by atoms with Gasteiger partial charge in [-0.2, -0.15) is 4.99 Å². The van der Waals surface area contributed by atoms with Gasteiger partial charge < -0.3 is 26.0 Å². The third-order valence-electron chi connectivity index (χ3n) is 5.35. The Morgan fingerprint density at radius 2 is 1.94 bits per heavy atom. The number of ether oxygens (including phenoxy) is 1. The maximum atomic E-state index is 13.7. The number of amides is 3. The van der Waals surface area contributed by atoms with Crippen LogP contribution in [0.3, 0.4) is 0 Å². The number of nitrogens with one attached hydrogen (secondary N) is 2. The fourth-order valence-electron chi connectivity index (χ4n) is 3.43. The number of aliphatic imine (C=N–C) groups is 1. The zero-order valence-corrected chi connectivity index (χ0v) is 20.5. The lowest BCUT2D eigenvalue weighted by atomic mass is 9.86. The van der Waals surface area contributed by atoms with Crippen LogP contribution in [0.2, 0.25) is 0 Å². The molecule has 1 aromatic carbocycles. The van der Waals surface area contributed by atoms with Gasteiger partial charge in [-0.3, -0.25) is 4.79 Å². The van der Waals surface area contributed by atoms with Crippen molar-refractivity contribution < 1.29 is 23.1 Å². The first-order chi connectivity index (χ1) is 15.9. The van der Waals surface area contributed by atoms with Crippen LogP contribution >= 0.6 is 0 Å². The van der Waals surface area contributed by atoms with Crippen molar-refractivity contribution in [3.05, 3.63) is 41.0 Å². The number of urea groups is 1. The molecule has 1 heterocycles. The lowest BCUT2D eigenvalue weighted by molar-refractivity contribution is -0.125. The van der Waals surface area contributed by atoms with E-state index in [9.17, 15) is 18.4 Å². The highest BCUT2D eigenvalue weighted by Gasteiger charge is 2.33. The quantitative estimate of drug-likeness (QED) is 0.521. The summed E-state index contributed by atoms with van der Waals surface area (Å²) in [6.45, 7) is 7.28. The smallest absolute Gasteiger partial charge is 0.341 e. The van der Waals surface area contributed by atoms with Gasteiger partial charge in [-0.1, -0.05) is 20.8 Å². The van der Waals surface area contributed by atoms with Crippen molar-refractivity contribution in [2.75, 3.05) is 40.4 Å². The van der Waals surface area contributed by atoms with Crippen molar-refractivity contribution >= 4 is 23.3 Å². The molecule has 8 nitrogen and oxygen atoms in total. The summed E-state index contributed by atoms with van der Waals surface area (Å²) < 4.78 is 32.4. The van der Waals surface area contributed by atoms with Gasteiger partial charge in [0.1, 0.15) is 6.04 Å². The van der Waals surface area contributed by atoms with E-state index in [0.29, 0.717) is 30.9 Å². The summed E-state index contributed by atoms with van der Waals surface area (Å²) >= 11 is 0. The van der Waals surface area contributed by atoms with Gasteiger partial charge in [-0.15, -0.1) is 0 Å². The van der Waals surface area contributed by atoms with Crippen LogP contribution in [0.1, 0.15) is 39.2 Å². The van der Waals surface area contributed by atoms with Gasteiger partial charge in [-0.05, 0) is 50.7 Å². The van der Waals surface area contributed by atoms with Gasteiger partial charge in [0, 0.05) is 29.8 Å². The second kappa shape index (κ2) is 12.0. The average Bonchev–Trinajstić information content (AvgIpc) is 2.76. The van der Waals surface area contributed by atoms with E-state index < -0.39 is 29.1 Å². The van der Waals surface area contributed by atoms with Gasteiger partial charge in [0.2, 0.25) is 5.91 Å². The fraction of sp³-hybridized carbons (Fsp3) is 0.542. The number of nitrogens with zero attached hydrogens (tertiary/aromatic N) is 2. The largest absolute Gasteiger partial charge is 0.398 e. The summed E-state index contributed by atoms with van der Waals surface area (Å²) in [6, 6.07) is 1.83. The van der Waals surface area contributed by atoms with Crippen LogP contribution < -0.4 is 16.4 Å². The number of hydrogen-bond acceptors (Lipinski definition) is 5. The number of carbonyl (C=O) groups is 2. The highest BCUT2D eigenvalue weighted by atomic mass is 19.2. The van der Waals surface area contributed by atoms with E-state index in [2.05, 4.69) is 15.6 Å². The minimum Gasteiger partial charge on any atom is -0.398 e. The Morgan fingerprint density at radius 3 is 2.56 bits per heavy atom. The van der Waals surface area contributed by atoms with Crippen molar-refractivity contribution in [2.45, 2.75) is 39.7 Å². The molecule has 1 saturated heterocycles. The van der Waals surface area contributed by atoms with Crippen molar-refractivity contribution in [2.24, 2.45) is 16.1 Å². The molecule has 0 bridgehead atoms. The zero-order chi connectivity index (χ0) is 25.5. The summed E-state index contributed by atoms with van der Waals surface area (Å²) in [4.78, 5) is 31.8. The van der Waals surface area contributed by atoms with Gasteiger partial charge in [0.05, 0.1) is 18.9 Å². The highest BCUT2D eigenvalue weighted by molar-refractivity contribution is 6.11. The summed E-state index contributed by atoms with van der Waals surface area (Å²) in [6.07, 6.45) is 1.09. The molecule has 0 saturated carbocycles. The summed E-state index contributed by atoms with van der Waals surface area (Å²) in [7, 11) is 3.91. The Labute approximate surface area is 199 Å². The molecular formula is C24H35F2N5O3. The topological polar surface area (TPSA) is 109 Å². The Morgan fingerprint density at radius 1 is 1.24 bits per heavy atom. The van der Waals surface area contributed by atoms with Gasteiger partial charge in [0.25, 0.3) is 0 Å². The van der Waals surface area contributed by atoms with E-state index in [-0.39, 0.29) is 23.8 Å². The highest BCUT2D eigenvalue weighted by Crippen LogP contribution is 2.23. The van der Waals surface area contributed by atoms with Crippen LogP contribution in [0.15, 0.2) is 28.8 Å².